The molecule has 0 aliphatic rings. The molecule has 0 fully saturated rings. The smallest absolute Gasteiger partial charge is 0.241 e. The number of nitrogens with two attached hydrogens (primary N) is 1. The topological polar surface area (TPSA) is 89.7 Å². The third kappa shape index (κ3) is 7.12. The summed E-state index contributed by atoms with van der Waals surface area (Å²) in [5.41, 5.74) is 1.45. The molecule has 0 amide bonds. The van der Waals surface area contributed by atoms with Gasteiger partial charge in [-0.05, 0) is 62.7 Å². The number of hydrogen-bond donors (Lipinski definition) is 1. The van der Waals surface area contributed by atoms with Crippen molar-refractivity contribution in [2.24, 2.45) is 5.14 Å². The van der Waals surface area contributed by atoms with Gasteiger partial charge in [0.1, 0.15) is 10.6 Å². The summed E-state index contributed by atoms with van der Waals surface area (Å²) >= 11 is 6.18. The number of unbranched alkanes of at least 4 members (excludes halogenated alkanes) is 1. The molecule has 0 bridgehead atoms. The van der Waals surface area contributed by atoms with Crippen molar-refractivity contribution in [3.63, 3.8) is 0 Å². The monoisotopic (exact) mass is 438 g/mol. The molecule has 0 heterocycles. The lowest BCUT2D eigenvalue weighted by Crippen LogP contribution is -2.22. The van der Waals surface area contributed by atoms with Crippen LogP contribution in [-0.2, 0) is 16.4 Å². The highest BCUT2D eigenvalue weighted by Crippen LogP contribution is 2.24. The number of carbonyl (C=O) groups excluding carboxylic acids is 1. The van der Waals surface area contributed by atoms with E-state index in [1.165, 1.54) is 19.2 Å². The first-order valence-corrected chi connectivity index (χ1v) is 11.3. The second kappa shape index (κ2) is 10.7. The van der Waals surface area contributed by atoms with E-state index in [4.69, 9.17) is 21.5 Å². The summed E-state index contributed by atoms with van der Waals surface area (Å²) in [5, 5.41) is 5.99. The van der Waals surface area contributed by atoms with E-state index in [-0.39, 0.29) is 16.4 Å². The first-order valence-electron chi connectivity index (χ1n) is 9.38. The number of ether oxygens (including phenoxy) is 1. The average molecular weight is 439 g/mol. The largest absolute Gasteiger partial charge is 0.495 e. The van der Waals surface area contributed by atoms with Crippen molar-refractivity contribution in [3.05, 3.63) is 58.6 Å². The molecule has 0 spiro atoms. The van der Waals surface area contributed by atoms with E-state index < -0.39 is 10.0 Å². The number of sulfonamides is 1. The Morgan fingerprint density at radius 2 is 1.86 bits per heavy atom. The Bertz CT molecular complexity index is 947. The Balaban J connectivity index is 1.80. The summed E-state index contributed by atoms with van der Waals surface area (Å²) in [4.78, 5) is 14.4. The van der Waals surface area contributed by atoms with Crippen LogP contribution in [0.1, 0.15) is 35.2 Å². The lowest BCUT2D eigenvalue weighted by molar-refractivity contribution is 0.0978. The minimum absolute atomic E-state index is 0.115. The number of Topliss-reactive ketones (excluding diaryl/α,β-unsaturated/α-hetero) is 1. The van der Waals surface area contributed by atoms with Gasteiger partial charge in [-0.25, -0.2) is 13.6 Å². The molecule has 6 nitrogen and oxygen atoms in total. The van der Waals surface area contributed by atoms with Gasteiger partial charge < -0.3 is 9.64 Å². The minimum atomic E-state index is -3.96. The number of ketones is 1. The lowest BCUT2D eigenvalue weighted by atomic mass is 10.1. The van der Waals surface area contributed by atoms with Gasteiger partial charge in [-0.1, -0.05) is 29.8 Å². The van der Waals surface area contributed by atoms with Crippen molar-refractivity contribution in [3.8, 4) is 5.75 Å². The van der Waals surface area contributed by atoms with Crippen LogP contribution in [0.3, 0.4) is 0 Å². The number of primary sulfonamides is 1. The van der Waals surface area contributed by atoms with E-state index in [1.54, 1.807) is 6.07 Å². The van der Waals surface area contributed by atoms with Crippen molar-refractivity contribution >= 4 is 27.4 Å². The van der Waals surface area contributed by atoms with E-state index in [9.17, 15) is 13.2 Å². The molecule has 0 aromatic heterocycles. The maximum atomic E-state index is 12.4. The Kier molecular flexibility index (Phi) is 8.64. The molecule has 2 aromatic rings. The van der Waals surface area contributed by atoms with Crippen LogP contribution in [0, 0.1) is 0 Å². The van der Waals surface area contributed by atoms with E-state index in [0.29, 0.717) is 18.4 Å². The first kappa shape index (κ1) is 23.3. The predicted molar refractivity (Wildman–Crippen MR) is 115 cm³/mol. The summed E-state index contributed by atoms with van der Waals surface area (Å²) < 4.78 is 28.4. The molecule has 2 N–H and O–H groups in total. The number of rotatable bonds is 11. The summed E-state index contributed by atoms with van der Waals surface area (Å²) in [5.74, 6) is 0.0143. The van der Waals surface area contributed by atoms with E-state index in [0.717, 1.165) is 36.5 Å². The quantitative estimate of drug-likeness (QED) is 0.428. The molecular weight excluding hydrogens is 412 g/mol. The standard InChI is InChI=1S/C21H27ClN2O4S/c1-24(14-12-16-7-3-4-8-18(16)22)13-6-5-9-19(25)17-10-11-20(28-2)21(15-17)29(23,26)27/h3-4,7-8,10-11,15H,5-6,9,12-14H2,1-2H3,(H2,23,26,27). The van der Waals surface area contributed by atoms with Gasteiger partial charge in [-0.15, -0.1) is 0 Å². The van der Waals surface area contributed by atoms with E-state index in [2.05, 4.69) is 4.90 Å². The zero-order chi connectivity index (χ0) is 21.4. The molecular formula is C21H27ClN2O4S. The van der Waals surface area contributed by atoms with Crippen LogP contribution in [0.25, 0.3) is 0 Å². The summed E-state index contributed by atoms with van der Waals surface area (Å²) in [6.07, 6.45) is 2.79. The zero-order valence-corrected chi connectivity index (χ0v) is 18.3. The lowest BCUT2D eigenvalue weighted by Gasteiger charge is -2.16. The molecule has 8 heteroatoms. The molecule has 29 heavy (non-hydrogen) atoms. The van der Waals surface area contributed by atoms with Gasteiger partial charge in [0.15, 0.2) is 5.78 Å². The Morgan fingerprint density at radius 1 is 1.14 bits per heavy atom. The fourth-order valence-corrected chi connectivity index (χ4v) is 3.96. The number of halogens is 1. The Morgan fingerprint density at radius 3 is 2.52 bits per heavy atom. The summed E-state index contributed by atoms with van der Waals surface area (Å²) in [6, 6.07) is 12.1. The van der Waals surface area contributed by atoms with Gasteiger partial charge in [0.05, 0.1) is 7.11 Å². The van der Waals surface area contributed by atoms with Crippen molar-refractivity contribution in [2.75, 3.05) is 27.2 Å². The van der Waals surface area contributed by atoms with Crippen molar-refractivity contribution in [1.29, 1.82) is 0 Å². The van der Waals surface area contributed by atoms with E-state index >= 15 is 0 Å². The third-order valence-corrected chi connectivity index (χ3v) is 6.01. The van der Waals surface area contributed by atoms with Crippen LogP contribution >= 0.6 is 11.6 Å². The normalized spacial score (nSPS) is 11.6. The van der Waals surface area contributed by atoms with Crippen molar-refractivity contribution in [2.45, 2.75) is 30.6 Å². The van der Waals surface area contributed by atoms with Gasteiger partial charge in [0.25, 0.3) is 0 Å². The number of nitrogens with zero attached hydrogens (tertiary/aromatic N) is 1. The molecule has 0 saturated heterocycles. The molecule has 0 atom stereocenters. The third-order valence-electron chi connectivity index (χ3n) is 4.71. The maximum Gasteiger partial charge on any atom is 0.241 e. The predicted octanol–water partition coefficient (Wildman–Crippen LogP) is 3.52. The number of methoxy groups -OCH3 is 1. The molecule has 0 aliphatic carbocycles. The molecule has 2 rings (SSSR count). The van der Waals surface area contributed by atoms with Gasteiger partial charge >= 0.3 is 0 Å². The Labute approximate surface area is 177 Å². The average Bonchev–Trinajstić information content (AvgIpc) is 2.69. The minimum Gasteiger partial charge on any atom is -0.495 e. The molecule has 2 aromatic carbocycles. The maximum absolute atomic E-state index is 12.4. The van der Waals surface area contributed by atoms with Crippen LogP contribution in [0.15, 0.2) is 47.4 Å². The fraction of sp³-hybridized carbons (Fsp3) is 0.381. The van der Waals surface area contributed by atoms with Crippen molar-refractivity contribution < 1.29 is 17.9 Å². The van der Waals surface area contributed by atoms with Gasteiger partial charge in [0, 0.05) is 23.6 Å². The first-order chi connectivity index (χ1) is 13.7. The molecule has 0 radical (unpaired) electrons. The molecule has 0 unspecified atom stereocenters. The van der Waals surface area contributed by atoms with Crippen LogP contribution < -0.4 is 9.88 Å². The molecule has 0 aliphatic heterocycles. The van der Waals surface area contributed by atoms with Crippen LogP contribution in [-0.4, -0.2) is 46.3 Å². The van der Waals surface area contributed by atoms with Gasteiger partial charge in [0.2, 0.25) is 10.0 Å². The van der Waals surface area contributed by atoms with Crippen LogP contribution in [0.5, 0.6) is 5.75 Å². The van der Waals surface area contributed by atoms with Crippen LogP contribution in [0.2, 0.25) is 5.02 Å². The highest BCUT2D eigenvalue weighted by Gasteiger charge is 2.18. The second-order valence-corrected chi connectivity index (χ2v) is 8.87. The zero-order valence-electron chi connectivity index (χ0n) is 16.7. The SMILES string of the molecule is COc1ccc(C(=O)CCCCN(C)CCc2ccccc2Cl)cc1S(N)(=O)=O. The number of hydrogen-bond acceptors (Lipinski definition) is 5. The number of carbonyl (C=O) groups is 1. The number of likely N-dealkylation sites (N-methyl/N-ethyl adjacent to an activating group) is 1. The fourth-order valence-electron chi connectivity index (χ4n) is 3.01. The highest BCUT2D eigenvalue weighted by molar-refractivity contribution is 7.89. The van der Waals surface area contributed by atoms with Crippen molar-refractivity contribution in [1.82, 2.24) is 4.90 Å². The highest BCUT2D eigenvalue weighted by atomic mass is 35.5. The molecule has 158 valence electrons. The number of benzene rings is 2. The molecule has 0 saturated carbocycles. The second-order valence-electron chi connectivity index (χ2n) is 6.94. The van der Waals surface area contributed by atoms with Gasteiger partial charge in [-0.3, -0.25) is 4.79 Å². The summed E-state index contributed by atoms with van der Waals surface area (Å²) in [6.45, 7) is 1.75. The van der Waals surface area contributed by atoms with Gasteiger partial charge in [-0.2, -0.15) is 0 Å². The van der Waals surface area contributed by atoms with E-state index in [1.807, 2.05) is 31.3 Å². The summed E-state index contributed by atoms with van der Waals surface area (Å²) in [7, 11) is -0.567. The van der Waals surface area contributed by atoms with Crippen LogP contribution in [0.4, 0.5) is 0 Å². The Hall–Kier alpha value is -1.93.